The Morgan fingerprint density at radius 3 is 2.79 bits per heavy atom. The molecule has 1 unspecified atom stereocenters. The molecule has 2 aromatic rings. The SMILES string of the molecule is CCn1nc(CN(C)CCC(C)N)c2ccccc21. The highest BCUT2D eigenvalue weighted by molar-refractivity contribution is 5.81. The van der Waals surface area contributed by atoms with Crippen molar-refractivity contribution in [2.24, 2.45) is 5.73 Å². The predicted molar refractivity (Wildman–Crippen MR) is 80.0 cm³/mol. The second-order valence-corrected chi connectivity index (χ2v) is 5.28. The number of fused-ring (bicyclic) bond motifs is 1. The number of hydrogen-bond acceptors (Lipinski definition) is 3. The molecule has 0 aliphatic carbocycles. The van der Waals surface area contributed by atoms with Gasteiger partial charge in [0.05, 0.1) is 11.2 Å². The minimum atomic E-state index is 0.257. The first kappa shape index (κ1) is 14.0. The quantitative estimate of drug-likeness (QED) is 0.866. The average molecular weight is 260 g/mol. The van der Waals surface area contributed by atoms with Crippen molar-refractivity contribution < 1.29 is 0 Å². The van der Waals surface area contributed by atoms with Gasteiger partial charge >= 0.3 is 0 Å². The number of hydrogen-bond donors (Lipinski definition) is 1. The normalized spacial score (nSPS) is 13.3. The van der Waals surface area contributed by atoms with E-state index in [0.717, 1.165) is 31.7 Å². The van der Waals surface area contributed by atoms with Crippen molar-refractivity contribution >= 4 is 10.9 Å². The lowest BCUT2D eigenvalue weighted by molar-refractivity contribution is 0.309. The maximum absolute atomic E-state index is 5.80. The van der Waals surface area contributed by atoms with Crippen LogP contribution in [-0.4, -0.2) is 34.3 Å². The molecule has 19 heavy (non-hydrogen) atoms. The van der Waals surface area contributed by atoms with Gasteiger partial charge in [-0.2, -0.15) is 5.10 Å². The topological polar surface area (TPSA) is 47.1 Å². The molecule has 1 aromatic heterocycles. The number of para-hydroxylation sites is 1. The highest BCUT2D eigenvalue weighted by Crippen LogP contribution is 2.19. The van der Waals surface area contributed by atoms with Crippen LogP contribution in [0, 0.1) is 0 Å². The molecular weight excluding hydrogens is 236 g/mol. The van der Waals surface area contributed by atoms with Crippen molar-refractivity contribution in [2.45, 2.75) is 39.4 Å². The van der Waals surface area contributed by atoms with Crippen LogP contribution in [0.2, 0.25) is 0 Å². The van der Waals surface area contributed by atoms with E-state index in [1.807, 2.05) is 0 Å². The number of rotatable bonds is 6. The van der Waals surface area contributed by atoms with Gasteiger partial charge in [0, 0.05) is 24.5 Å². The number of benzene rings is 1. The van der Waals surface area contributed by atoms with Crippen molar-refractivity contribution in [2.75, 3.05) is 13.6 Å². The zero-order chi connectivity index (χ0) is 13.8. The molecule has 2 N–H and O–H groups in total. The molecular formula is C15H24N4. The smallest absolute Gasteiger partial charge is 0.0843 e. The summed E-state index contributed by atoms with van der Waals surface area (Å²) in [6.07, 6.45) is 1.02. The molecule has 0 spiro atoms. The van der Waals surface area contributed by atoms with E-state index in [4.69, 9.17) is 10.8 Å². The van der Waals surface area contributed by atoms with Gasteiger partial charge in [-0.3, -0.25) is 4.68 Å². The highest BCUT2D eigenvalue weighted by atomic mass is 15.3. The maximum atomic E-state index is 5.80. The lowest BCUT2D eigenvalue weighted by Crippen LogP contribution is -2.26. The Morgan fingerprint density at radius 1 is 1.37 bits per heavy atom. The lowest BCUT2D eigenvalue weighted by Gasteiger charge is -2.16. The molecule has 0 aliphatic heterocycles. The van der Waals surface area contributed by atoms with Gasteiger partial charge in [0.25, 0.3) is 0 Å². The Labute approximate surface area is 115 Å². The standard InChI is InChI=1S/C15H24N4/c1-4-19-15-8-6-5-7-13(15)14(17-19)11-18(3)10-9-12(2)16/h5-8,12H,4,9-11,16H2,1-3H3. The lowest BCUT2D eigenvalue weighted by atomic mass is 10.2. The summed E-state index contributed by atoms with van der Waals surface area (Å²) in [5.74, 6) is 0. The Balaban J connectivity index is 2.16. The largest absolute Gasteiger partial charge is 0.328 e. The first-order valence-electron chi connectivity index (χ1n) is 7.00. The van der Waals surface area contributed by atoms with Crippen molar-refractivity contribution in [3.8, 4) is 0 Å². The van der Waals surface area contributed by atoms with Crippen LogP contribution in [0.4, 0.5) is 0 Å². The Hall–Kier alpha value is -1.39. The van der Waals surface area contributed by atoms with Crippen LogP contribution in [0.15, 0.2) is 24.3 Å². The van der Waals surface area contributed by atoms with Crippen LogP contribution in [0.1, 0.15) is 26.0 Å². The van der Waals surface area contributed by atoms with Crippen LogP contribution in [-0.2, 0) is 13.1 Å². The third-order valence-corrected chi connectivity index (χ3v) is 3.42. The maximum Gasteiger partial charge on any atom is 0.0843 e. The molecule has 0 fully saturated rings. The fraction of sp³-hybridized carbons (Fsp3) is 0.533. The number of nitrogens with two attached hydrogens (primary N) is 1. The predicted octanol–water partition coefficient (Wildman–Crippen LogP) is 2.23. The molecule has 104 valence electrons. The van der Waals surface area contributed by atoms with E-state index in [-0.39, 0.29) is 6.04 Å². The van der Waals surface area contributed by atoms with Crippen LogP contribution in [0.3, 0.4) is 0 Å². The molecule has 0 radical (unpaired) electrons. The van der Waals surface area contributed by atoms with Crippen LogP contribution in [0.5, 0.6) is 0 Å². The van der Waals surface area contributed by atoms with E-state index in [9.17, 15) is 0 Å². The third-order valence-electron chi connectivity index (χ3n) is 3.42. The molecule has 1 heterocycles. The van der Waals surface area contributed by atoms with E-state index in [1.54, 1.807) is 0 Å². The molecule has 0 saturated carbocycles. The van der Waals surface area contributed by atoms with Gasteiger partial charge in [-0.15, -0.1) is 0 Å². The summed E-state index contributed by atoms with van der Waals surface area (Å²) in [5.41, 5.74) is 8.18. The van der Waals surface area contributed by atoms with Gasteiger partial charge in [-0.1, -0.05) is 18.2 Å². The van der Waals surface area contributed by atoms with Crippen molar-refractivity contribution in [1.29, 1.82) is 0 Å². The molecule has 0 amide bonds. The molecule has 2 rings (SSSR count). The van der Waals surface area contributed by atoms with Gasteiger partial charge in [0.15, 0.2) is 0 Å². The second-order valence-electron chi connectivity index (χ2n) is 5.28. The second kappa shape index (κ2) is 6.17. The van der Waals surface area contributed by atoms with Gasteiger partial charge in [-0.25, -0.2) is 0 Å². The summed E-state index contributed by atoms with van der Waals surface area (Å²) in [7, 11) is 2.13. The van der Waals surface area contributed by atoms with Crippen LogP contribution < -0.4 is 5.73 Å². The van der Waals surface area contributed by atoms with Gasteiger partial charge < -0.3 is 10.6 Å². The molecule has 1 aromatic carbocycles. The van der Waals surface area contributed by atoms with Gasteiger partial charge in [0.2, 0.25) is 0 Å². The van der Waals surface area contributed by atoms with Crippen LogP contribution in [0.25, 0.3) is 10.9 Å². The molecule has 0 bridgehead atoms. The minimum absolute atomic E-state index is 0.257. The number of nitrogens with zero attached hydrogens (tertiary/aromatic N) is 3. The zero-order valence-corrected chi connectivity index (χ0v) is 12.1. The van der Waals surface area contributed by atoms with E-state index in [0.29, 0.717) is 0 Å². The molecule has 4 nitrogen and oxygen atoms in total. The van der Waals surface area contributed by atoms with E-state index in [1.165, 1.54) is 10.9 Å². The van der Waals surface area contributed by atoms with E-state index >= 15 is 0 Å². The van der Waals surface area contributed by atoms with Crippen molar-refractivity contribution in [1.82, 2.24) is 14.7 Å². The fourth-order valence-corrected chi connectivity index (χ4v) is 2.31. The average Bonchev–Trinajstić information content (AvgIpc) is 2.75. The zero-order valence-electron chi connectivity index (χ0n) is 12.1. The highest BCUT2D eigenvalue weighted by Gasteiger charge is 2.11. The minimum Gasteiger partial charge on any atom is -0.328 e. The molecule has 1 atom stereocenters. The van der Waals surface area contributed by atoms with Crippen LogP contribution >= 0.6 is 0 Å². The fourth-order valence-electron chi connectivity index (χ4n) is 2.31. The molecule has 0 saturated heterocycles. The third kappa shape index (κ3) is 3.33. The van der Waals surface area contributed by atoms with E-state index in [2.05, 4.69) is 54.7 Å². The summed E-state index contributed by atoms with van der Waals surface area (Å²) < 4.78 is 2.07. The first-order valence-corrected chi connectivity index (χ1v) is 7.00. The first-order chi connectivity index (χ1) is 9.11. The number of aryl methyl sites for hydroxylation is 1. The summed E-state index contributed by atoms with van der Waals surface area (Å²) >= 11 is 0. The van der Waals surface area contributed by atoms with Crippen molar-refractivity contribution in [3.63, 3.8) is 0 Å². The Kier molecular flexibility index (Phi) is 4.56. The monoisotopic (exact) mass is 260 g/mol. The Morgan fingerprint density at radius 2 is 2.11 bits per heavy atom. The number of aromatic nitrogens is 2. The summed E-state index contributed by atoms with van der Waals surface area (Å²) in [6, 6.07) is 8.70. The van der Waals surface area contributed by atoms with Gasteiger partial charge in [-0.05, 0) is 39.9 Å². The Bertz CT molecular complexity index is 530. The summed E-state index contributed by atoms with van der Waals surface area (Å²) in [6.45, 7) is 6.97. The van der Waals surface area contributed by atoms with Crippen molar-refractivity contribution in [3.05, 3.63) is 30.0 Å². The molecule has 0 aliphatic rings. The molecule has 4 heteroatoms. The summed E-state index contributed by atoms with van der Waals surface area (Å²) in [4.78, 5) is 2.29. The van der Waals surface area contributed by atoms with E-state index < -0.39 is 0 Å². The van der Waals surface area contributed by atoms with Gasteiger partial charge in [0.1, 0.15) is 0 Å². The summed E-state index contributed by atoms with van der Waals surface area (Å²) in [5, 5.41) is 5.98.